The number of carbonyl (C=O) groups is 1. The topological polar surface area (TPSA) is 72.2 Å². The van der Waals surface area contributed by atoms with E-state index in [0.29, 0.717) is 12.2 Å². The van der Waals surface area contributed by atoms with Crippen molar-refractivity contribution in [2.75, 3.05) is 26.2 Å². The Morgan fingerprint density at radius 3 is 2.64 bits per heavy atom. The van der Waals surface area contributed by atoms with Crippen LogP contribution in [0.15, 0.2) is 23.1 Å². The molecular weight excluding hydrogens is 354 g/mol. The maximum Gasteiger partial charge on any atom is 0.331 e. The van der Waals surface area contributed by atoms with Gasteiger partial charge in [0.25, 0.3) is 0 Å². The van der Waals surface area contributed by atoms with E-state index in [-0.39, 0.29) is 24.2 Å². The molecule has 2 aliphatic rings. The molecule has 1 saturated carbocycles. The fraction of sp³-hybridized carbons (Fsp3) is 0.667. The number of carbonyl (C=O) groups excluding carboxylic acids is 1. The lowest BCUT2D eigenvalue weighted by Gasteiger charge is -2.26. The minimum Gasteiger partial charge on any atom is -0.353 e. The van der Waals surface area contributed by atoms with Gasteiger partial charge >= 0.3 is 5.69 Å². The van der Waals surface area contributed by atoms with Gasteiger partial charge < -0.3 is 10.2 Å². The molecule has 1 aliphatic heterocycles. The quantitative estimate of drug-likeness (QED) is 0.828. The molecule has 2 aromatic rings. The van der Waals surface area contributed by atoms with Gasteiger partial charge in [-0.1, -0.05) is 25.7 Å². The Morgan fingerprint density at radius 2 is 1.86 bits per heavy atom. The van der Waals surface area contributed by atoms with Gasteiger partial charge in [0.05, 0.1) is 5.52 Å². The lowest BCUT2D eigenvalue weighted by molar-refractivity contribution is -0.121. The monoisotopic (exact) mass is 385 g/mol. The van der Waals surface area contributed by atoms with E-state index in [0.717, 1.165) is 50.8 Å². The van der Waals surface area contributed by atoms with E-state index >= 15 is 0 Å². The number of aromatic nitrogens is 3. The molecule has 0 spiro atoms. The Morgan fingerprint density at radius 1 is 1.11 bits per heavy atom. The SMILES string of the molecule is O=C(Cn1c(=O)n(C2CCCCC2)c2ncccc21)NCCN1CCCCC1. The summed E-state index contributed by atoms with van der Waals surface area (Å²) in [5.41, 5.74) is 1.36. The number of rotatable bonds is 6. The second-order valence-electron chi connectivity index (χ2n) is 8.13. The Balaban J connectivity index is 1.46. The van der Waals surface area contributed by atoms with Gasteiger partial charge in [-0.05, 0) is 50.9 Å². The zero-order chi connectivity index (χ0) is 19.3. The van der Waals surface area contributed by atoms with Crippen molar-refractivity contribution in [1.29, 1.82) is 0 Å². The van der Waals surface area contributed by atoms with E-state index in [2.05, 4.69) is 15.2 Å². The number of likely N-dealkylation sites (tertiary alicyclic amines) is 1. The number of hydrogen-bond donors (Lipinski definition) is 1. The van der Waals surface area contributed by atoms with Crippen molar-refractivity contribution < 1.29 is 4.79 Å². The average Bonchev–Trinajstić information content (AvgIpc) is 3.01. The summed E-state index contributed by atoms with van der Waals surface area (Å²) in [4.78, 5) is 32.5. The number of nitrogens with zero attached hydrogens (tertiary/aromatic N) is 4. The van der Waals surface area contributed by atoms with Crippen molar-refractivity contribution in [1.82, 2.24) is 24.3 Å². The van der Waals surface area contributed by atoms with E-state index in [1.54, 1.807) is 10.8 Å². The third-order valence-corrected chi connectivity index (χ3v) is 6.16. The molecule has 0 aromatic carbocycles. The molecule has 2 fully saturated rings. The molecule has 0 atom stereocenters. The highest BCUT2D eigenvalue weighted by Gasteiger charge is 2.23. The van der Waals surface area contributed by atoms with Gasteiger partial charge in [-0.2, -0.15) is 0 Å². The molecule has 7 heteroatoms. The predicted octanol–water partition coefficient (Wildman–Crippen LogP) is 2.31. The van der Waals surface area contributed by atoms with E-state index in [4.69, 9.17) is 0 Å². The first-order valence-electron chi connectivity index (χ1n) is 10.8. The highest BCUT2D eigenvalue weighted by molar-refractivity contribution is 5.79. The second-order valence-corrected chi connectivity index (χ2v) is 8.13. The molecule has 1 N–H and O–H groups in total. The van der Waals surface area contributed by atoms with Crippen LogP contribution in [0.5, 0.6) is 0 Å². The van der Waals surface area contributed by atoms with Crippen molar-refractivity contribution >= 4 is 17.1 Å². The van der Waals surface area contributed by atoms with Gasteiger partial charge in [0.1, 0.15) is 6.54 Å². The van der Waals surface area contributed by atoms with E-state index in [1.807, 2.05) is 16.7 Å². The molecule has 28 heavy (non-hydrogen) atoms. The van der Waals surface area contributed by atoms with Gasteiger partial charge in [-0.15, -0.1) is 0 Å². The first kappa shape index (κ1) is 19.2. The van der Waals surface area contributed by atoms with Crippen LogP contribution in [0.3, 0.4) is 0 Å². The van der Waals surface area contributed by atoms with Crippen LogP contribution in [0, 0.1) is 0 Å². The summed E-state index contributed by atoms with van der Waals surface area (Å²) in [7, 11) is 0. The summed E-state index contributed by atoms with van der Waals surface area (Å²) in [6, 6.07) is 3.92. The molecule has 152 valence electrons. The highest BCUT2D eigenvalue weighted by Crippen LogP contribution is 2.29. The Bertz CT molecular complexity index is 859. The van der Waals surface area contributed by atoms with Crippen molar-refractivity contribution in [2.45, 2.75) is 64.0 Å². The van der Waals surface area contributed by atoms with Crippen LogP contribution in [0.2, 0.25) is 0 Å². The van der Waals surface area contributed by atoms with Crippen LogP contribution >= 0.6 is 0 Å². The van der Waals surface area contributed by atoms with Gasteiger partial charge in [0, 0.05) is 25.3 Å². The van der Waals surface area contributed by atoms with E-state index in [9.17, 15) is 9.59 Å². The maximum atomic E-state index is 13.1. The van der Waals surface area contributed by atoms with Gasteiger partial charge in [0.2, 0.25) is 5.91 Å². The molecule has 2 aromatic heterocycles. The molecular formula is C21H31N5O2. The van der Waals surface area contributed by atoms with Crippen molar-refractivity contribution in [3.05, 3.63) is 28.8 Å². The number of imidazole rings is 1. The summed E-state index contributed by atoms with van der Waals surface area (Å²) < 4.78 is 3.42. The second kappa shape index (κ2) is 8.90. The lowest BCUT2D eigenvalue weighted by Crippen LogP contribution is -2.39. The van der Waals surface area contributed by atoms with Gasteiger partial charge in [0.15, 0.2) is 5.65 Å². The van der Waals surface area contributed by atoms with Crippen LogP contribution in [-0.4, -0.2) is 51.1 Å². The minimum absolute atomic E-state index is 0.0563. The normalized spacial score (nSPS) is 19.1. The fourth-order valence-corrected chi connectivity index (χ4v) is 4.67. The van der Waals surface area contributed by atoms with Crippen molar-refractivity contribution in [3.8, 4) is 0 Å². The van der Waals surface area contributed by atoms with Crippen LogP contribution in [0.25, 0.3) is 11.2 Å². The van der Waals surface area contributed by atoms with Crippen LogP contribution in [0.4, 0.5) is 0 Å². The minimum atomic E-state index is -0.106. The number of piperidine rings is 1. The third kappa shape index (κ3) is 4.14. The fourth-order valence-electron chi connectivity index (χ4n) is 4.67. The molecule has 1 saturated heterocycles. The lowest BCUT2D eigenvalue weighted by atomic mass is 9.95. The standard InChI is InChI=1S/C21H31N5O2/c27-19(22-12-15-24-13-5-2-6-14-24)16-25-18-10-7-11-23-20(18)26(21(25)28)17-8-3-1-4-9-17/h7,10-11,17H,1-6,8-9,12-16H2,(H,22,27). The van der Waals surface area contributed by atoms with Gasteiger partial charge in [-0.25, -0.2) is 9.78 Å². The average molecular weight is 386 g/mol. The number of nitrogens with one attached hydrogen (secondary N) is 1. The zero-order valence-corrected chi connectivity index (χ0v) is 16.6. The molecule has 0 bridgehead atoms. The van der Waals surface area contributed by atoms with Gasteiger partial charge in [-0.3, -0.25) is 13.9 Å². The largest absolute Gasteiger partial charge is 0.353 e. The van der Waals surface area contributed by atoms with E-state index in [1.165, 1.54) is 25.7 Å². The molecule has 3 heterocycles. The van der Waals surface area contributed by atoms with Crippen molar-refractivity contribution in [3.63, 3.8) is 0 Å². The summed E-state index contributed by atoms with van der Waals surface area (Å²) >= 11 is 0. The van der Waals surface area contributed by atoms with Crippen LogP contribution < -0.4 is 11.0 Å². The summed E-state index contributed by atoms with van der Waals surface area (Å²) in [6.07, 6.45) is 11.1. The van der Waals surface area contributed by atoms with Crippen molar-refractivity contribution in [2.24, 2.45) is 0 Å². The highest BCUT2D eigenvalue weighted by atomic mass is 16.2. The molecule has 7 nitrogen and oxygen atoms in total. The van der Waals surface area contributed by atoms with Crippen LogP contribution in [0.1, 0.15) is 57.4 Å². The smallest absolute Gasteiger partial charge is 0.331 e. The molecule has 4 rings (SSSR count). The Hall–Kier alpha value is -2.15. The maximum absolute atomic E-state index is 13.1. The number of fused-ring (bicyclic) bond motifs is 1. The summed E-state index contributed by atoms with van der Waals surface area (Å²) in [5.74, 6) is -0.106. The number of hydrogen-bond acceptors (Lipinski definition) is 4. The van der Waals surface area contributed by atoms with Crippen LogP contribution in [-0.2, 0) is 11.3 Å². The first-order valence-corrected chi connectivity index (χ1v) is 10.8. The zero-order valence-electron chi connectivity index (χ0n) is 16.6. The number of amides is 1. The third-order valence-electron chi connectivity index (χ3n) is 6.16. The number of pyridine rings is 1. The summed E-state index contributed by atoms with van der Waals surface area (Å²) in [5, 5.41) is 2.99. The predicted molar refractivity (Wildman–Crippen MR) is 109 cm³/mol. The van der Waals surface area contributed by atoms with E-state index < -0.39 is 0 Å². The Labute approximate surface area is 165 Å². The molecule has 1 aliphatic carbocycles. The molecule has 0 unspecified atom stereocenters. The summed E-state index contributed by atoms with van der Waals surface area (Å²) in [6.45, 7) is 3.81. The molecule has 1 amide bonds. The first-order chi connectivity index (χ1) is 13.7. The molecule has 0 radical (unpaired) electrons. The Kier molecular flexibility index (Phi) is 6.10.